The minimum atomic E-state index is -0.421. The topological polar surface area (TPSA) is 84.3 Å². The fourth-order valence-electron chi connectivity index (χ4n) is 1.53. The van der Waals surface area contributed by atoms with Crippen molar-refractivity contribution in [3.05, 3.63) is 39.9 Å². The lowest BCUT2D eigenvalue weighted by atomic mass is 10.1. The molecule has 1 aromatic rings. The molecule has 1 unspecified atom stereocenters. The van der Waals surface area contributed by atoms with Crippen molar-refractivity contribution in [1.82, 2.24) is 10.6 Å². The minimum Gasteiger partial charge on any atom is -0.358 e. The van der Waals surface area contributed by atoms with Gasteiger partial charge in [-0.3, -0.25) is 14.9 Å². The zero-order chi connectivity index (χ0) is 13.5. The standard InChI is InChI=1S/C12H17N3O3/c1-9(12(16)13-2)14-8-7-10-3-5-11(6-4-10)15(17)18/h3-6,9,14H,7-8H2,1-2H3,(H,13,16). The molecule has 0 radical (unpaired) electrons. The molecule has 0 spiro atoms. The zero-order valence-corrected chi connectivity index (χ0v) is 10.5. The molecule has 0 fully saturated rings. The van der Waals surface area contributed by atoms with Crippen LogP contribution in [0.3, 0.4) is 0 Å². The highest BCUT2D eigenvalue weighted by atomic mass is 16.6. The van der Waals surface area contributed by atoms with Crippen LogP contribution in [0.4, 0.5) is 5.69 Å². The summed E-state index contributed by atoms with van der Waals surface area (Å²) in [6.07, 6.45) is 0.722. The minimum absolute atomic E-state index is 0.0568. The second-order valence-electron chi connectivity index (χ2n) is 3.96. The van der Waals surface area contributed by atoms with E-state index in [2.05, 4.69) is 10.6 Å². The number of likely N-dealkylation sites (N-methyl/N-ethyl adjacent to an activating group) is 1. The molecule has 0 bridgehead atoms. The van der Waals surface area contributed by atoms with Gasteiger partial charge in [0, 0.05) is 19.2 Å². The van der Waals surface area contributed by atoms with Gasteiger partial charge in [0.05, 0.1) is 11.0 Å². The number of nitro benzene ring substituents is 1. The molecule has 1 atom stereocenters. The molecule has 18 heavy (non-hydrogen) atoms. The second kappa shape index (κ2) is 6.70. The largest absolute Gasteiger partial charge is 0.358 e. The van der Waals surface area contributed by atoms with Crippen LogP contribution in [0.25, 0.3) is 0 Å². The molecule has 6 heteroatoms. The summed E-state index contributed by atoms with van der Waals surface area (Å²) in [5.74, 6) is -0.0568. The van der Waals surface area contributed by atoms with Crippen molar-refractivity contribution in [3.8, 4) is 0 Å². The summed E-state index contributed by atoms with van der Waals surface area (Å²) in [5.41, 5.74) is 1.09. The van der Waals surface area contributed by atoms with Crippen molar-refractivity contribution in [3.63, 3.8) is 0 Å². The number of nitrogens with one attached hydrogen (secondary N) is 2. The van der Waals surface area contributed by atoms with E-state index in [1.165, 1.54) is 12.1 Å². The maximum Gasteiger partial charge on any atom is 0.269 e. The Morgan fingerprint density at radius 1 is 1.39 bits per heavy atom. The zero-order valence-electron chi connectivity index (χ0n) is 10.5. The number of hydrogen-bond donors (Lipinski definition) is 2. The van der Waals surface area contributed by atoms with Gasteiger partial charge in [-0.15, -0.1) is 0 Å². The van der Waals surface area contributed by atoms with Gasteiger partial charge in [0.1, 0.15) is 0 Å². The first kappa shape index (κ1) is 14.1. The summed E-state index contributed by atoms with van der Waals surface area (Å²) in [6.45, 7) is 2.43. The first-order chi connectivity index (χ1) is 8.54. The van der Waals surface area contributed by atoms with Gasteiger partial charge in [0.25, 0.3) is 5.69 Å². The molecule has 1 amide bonds. The third kappa shape index (κ3) is 4.14. The molecule has 0 saturated heterocycles. The van der Waals surface area contributed by atoms with E-state index < -0.39 is 4.92 Å². The number of carbonyl (C=O) groups excluding carboxylic acids is 1. The molecule has 1 aromatic carbocycles. The first-order valence-corrected chi connectivity index (χ1v) is 5.73. The monoisotopic (exact) mass is 251 g/mol. The predicted molar refractivity (Wildman–Crippen MR) is 68.3 cm³/mol. The van der Waals surface area contributed by atoms with E-state index in [0.717, 1.165) is 12.0 Å². The smallest absolute Gasteiger partial charge is 0.269 e. The summed E-state index contributed by atoms with van der Waals surface area (Å²) < 4.78 is 0. The van der Waals surface area contributed by atoms with Gasteiger partial charge in [0.15, 0.2) is 0 Å². The molecule has 0 aromatic heterocycles. The molecule has 1 rings (SSSR count). The van der Waals surface area contributed by atoms with Crippen molar-refractivity contribution in [1.29, 1.82) is 0 Å². The van der Waals surface area contributed by atoms with E-state index in [1.54, 1.807) is 26.1 Å². The van der Waals surface area contributed by atoms with Crippen molar-refractivity contribution in [2.45, 2.75) is 19.4 Å². The molecule has 0 heterocycles. The Morgan fingerprint density at radius 2 is 2.00 bits per heavy atom. The number of carbonyl (C=O) groups is 1. The van der Waals surface area contributed by atoms with E-state index in [4.69, 9.17) is 0 Å². The molecule has 98 valence electrons. The SMILES string of the molecule is CNC(=O)C(C)NCCc1ccc([N+](=O)[O-])cc1. The lowest BCUT2D eigenvalue weighted by Gasteiger charge is -2.11. The lowest BCUT2D eigenvalue weighted by molar-refractivity contribution is -0.384. The summed E-state index contributed by atoms with van der Waals surface area (Å²) in [6, 6.07) is 6.18. The molecule has 0 aliphatic heterocycles. The van der Waals surface area contributed by atoms with Gasteiger partial charge in [-0.2, -0.15) is 0 Å². The van der Waals surface area contributed by atoms with Crippen molar-refractivity contribution >= 4 is 11.6 Å². The van der Waals surface area contributed by atoms with E-state index in [0.29, 0.717) is 6.54 Å². The van der Waals surface area contributed by atoms with Crippen LogP contribution in [0, 0.1) is 10.1 Å². The van der Waals surface area contributed by atoms with Crippen LogP contribution in [0.5, 0.6) is 0 Å². The fraction of sp³-hybridized carbons (Fsp3) is 0.417. The second-order valence-corrected chi connectivity index (χ2v) is 3.96. The first-order valence-electron chi connectivity index (χ1n) is 5.73. The maximum atomic E-state index is 11.2. The van der Waals surface area contributed by atoms with E-state index in [-0.39, 0.29) is 17.6 Å². The van der Waals surface area contributed by atoms with Crippen molar-refractivity contribution in [2.75, 3.05) is 13.6 Å². The Morgan fingerprint density at radius 3 is 2.50 bits per heavy atom. The summed E-state index contributed by atoms with van der Waals surface area (Å²) in [5, 5.41) is 16.1. The maximum absolute atomic E-state index is 11.2. The highest BCUT2D eigenvalue weighted by Gasteiger charge is 2.09. The molecule has 2 N–H and O–H groups in total. The van der Waals surface area contributed by atoms with Crippen LogP contribution in [-0.2, 0) is 11.2 Å². The molecule has 6 nitrogen and oxygen atoms in total. The Bertz CT molecular complexity index is 417. The lowest BCUT2D eigenvalue weighted by Crippen LogP contribution is -2.41. The van der Waals surface area contributed by atoms with Gasteiger partial charge in [-0.05, 0) is 25.5 Å². The number of nitrogens with zero attached hydrogens (tertiary/aromatic N) is 1. The number of non-ortho nitro benzene ring substituents is 1. The van der Waals surface area contributed by atoms with Crippen molar-refractivity contribution < 1.29 is 9.72 Å². The molecule has 0 aliphatic rings. The molecule has 0 aliphatic carbocycles. The molecular formula is C12H17N3O3. The number of rotatable bonds is 6. The Hall–Kier alpha value is -1.95. The summed E-state index contributed by atoms with van der Waals surface area (Å²) >= 11 is 0. The average Bonchev–Trinajstić information content (AvgIpc) is 2.38. The summed E-state index contributed by atoms with van der Waals surface area (Å²) in [7, 11) is 1.59. The predicted octanol–water partition coefficient (Wildman–Crippen LogP) is 0.861. The van der Waals surface area contributed by atoms with Gasteiger partial charge in [-0.25, -0.2) is 0 Å². The average molecular weight is 251 g/mol. The van der Waals surface area contributed by atoms with Gasteiger partial charge < -0.3 is 10.6 Å². The van der Waals surface area contributed by atoms with Gasteiger partial charge in [0.2, 0.25) is 5.91 Å². The highest BCUT2D eigenvalue weighted by molar-refractivity contribution is 5.80. The van der Waals surface area contributed by atoms with Crippen molar-refractivity contribution in [2.24, 2.45) is 0 Å². The highest BCUT2D eigenvalue weighted by Crippen LogP contribution is 2.11. The number of nitro groups is 1. The number of amides is 1. The Labute approximate surface area is 106 Å². The van der Waals surface area contributed by atoms with E-state index in [1.807, 2.05) is 0 Å². The normalized spacial score (nSPS) is 11.9. The number of hydrogen-bond acceptors (Lipinski definition) is 4. The van der Waals surface area contributed by atoms with Gasteiger partial charge >= 0.3 is 0 Å². The third-order valence-corrected chi connectivity index (χ3v) is 2.65. The van der Waals surface area contributed by atoms with Crippen LogP contribution in [0.2, 0.25) is 0 Å². The van der Waals surface area contributed by atoms with Crippen LogP contribution in [-0.4, -0.2) is 30.5 Å². The van der Waals surface area contributed by atoms with Crippen LogP contribution in [0.15, 0.2) is 24.3 Å². The van der Waals surface area contributed by atoms with E-state index in [9.17, 15) is 14.9 Å². The molecule has 0 saturated carbocycles. The summed E-state index contributed by atoms with van der Waals surface area (Å²) in [4.78, 5) is 21.3. The van der Waals surface area contributed by atoms with Crippen LogP contribution in [0.1, 0.15) is 12.5 Å². The fourth-order valence-corrected chi connectivity index (χ4v) is 1.53. The van der Waals surface area contributed by atoms with Crippen LogP contribution < -0.4 is 10.6 Å². The Balaban J connectivity index is 2.40. The number of benzene rings is 1. The Kier molecular flexibility index (Phi) is 5.26. The van der Waals surface area contributed by atoms with Gasteiger partial charge in [-0.1, -0.05) is 12.1 Å². The molecular weight excluding hydrogens is 234 g/mol. The third-order valence-electron chi connectivity index (χ3n) is 2.65. The van der Waals surface area contributed by atoms with Crippen LogP contribution >= 0.6 is 0 Å². The van der Waals surface area contributed by atoms with E-state index >= 15 is 0 Å². The quantitative estimate of drug-likeness (QED) is 0.580.